The number of aromatic amines is 1. The number of anilines is 2. The van der Waals surface area contributed by atoms with E-state index in [4.69, 9.17) is 19.4 Å². The van der Waals surface area contributed by atoms with Gasteiger partial charge in [0.2, 0.25) is 0 Å². The Hall–Kier alpha value is -3.54. The molecular formula is C25H26N6O4S. The molecule has 1 atom stereocenters. The fourth-order valence-electron chi connectivity index (χ4n) is 4.63. The molecule has 1 unspecified atom stereocenters. The molecule has 1 fully saturated rings. The van der Waals surface area contributed by atoms with Crippen LogP contribution in [-0.2, 0) is 25.9 Å². The minimum Gasteiger partial charge on any atom is -0.377 e. The molecule has 0 amide bonds. The molecular weight excluding hydrogens is 480 g/mol. The summed E-state index contributed by atoms with van der Waals surface area (Å²) in [7, 11) is -3.25. The Bertz CT molecular complexity index is 1500. The summed E-state index contributed by atoms with van der Waals surface area (Å²) < 4.78 is 35.5. The van der Waals surface area contributed by atoms with E-state index in [1.165, 1.54) is 6.26 Å². The Morgan fingerprint density at radius 3 is 2.75 bits per heavy atom. The topological polar surface area (TPSA) is 114 Å². The van der Waals surface area contributed by atoms with Crippen LogP contribution in [0.15, 0.2) is 59.9 Å². The van der Waals surface area contributed by atoms with Crippen LogP contribution < -0.4 is 9.80 Å². The van der Waals surface area contributed by atoms with Gasteiger partial charge in [0.15, 0.2) is 21.5 Å². The Kier molecular flexibility index (Phi) is 5.82. The average molecular weight is 507 g/mol. The maximum Gasteiger partial charge on any atom is 0.175 e. The number of nitrogens with one attached hydrogen (secondary N) is 1. The Morgan fingerprint density at radius 1 is 1.08 bits per heavy atom. The second-order valence-corrected chi connectivity index (χ2v) is 11.1. The first-order valence-corrected chi connectivity index (χ1v) is 13.6. The highest BCUT2D eigenvalue weighted by Crippen LogP contribution is 2.34. The van der Waals surface area contributed by atoms with E-state index in [1.54, 1.807) is 18.3 Å². The molecule has 1 N–H and O–H groups in total. The summed E-state index contributed by atoms with van der Waals surface area (Å²) in [6.45, 7) is 3.26. The number of fused-ring (bicyclic) bond motifs is 4. The zero-order valence-electron chi connectivity index (χ0n) is 19.8. The molecule has 10 nitrogen and oxygen atoms in total. The van der Waals surface area contributed by atoms with Gasteiger partial charge >= 0.3 is 0 Å². The van der Waals surface area contributed by atoms with Crippen molar-refractivity contribution >= 4 is 32.4 Å². The third kappa shape index (κ3) is 4.41. The molecule has 0 bridgehead atoms. The fraction of sp³-hybridized carbons (Fsp3) is 0.320. The number of rotatable bonds is 4. The van der Waals surface area contributed by atoms with Crippen LogP contribution in [0.3, 0.4) is 0 Å². The van der Waals surface area contributed by atoms with Gasteiger partial charge in [0.25, 0.3) is 0 Å². The second kappa shape index (κ2) is 9.16. The van der Waals surface area contributed by atoms with Gasteiger partial charge in [-0.2, -0.15) is 0 Å². The van der Waals surface area contributed by atoms with E-state index in [1.807, 2.05) is 36.7 Å². The average Bonchev–Trinajstić information content (AvgIpc) is 3.35. The molecule has 0 radical (unpaired) electrons. The molecule has 1 saturated heterocycles. The van der Waals surface area contributed by atoms with Crippen LogP contribution in [0.25, 0.3) is 22.4 Å². The van der Waals surface area contributed by atoms with Crippen LogP contribution in [0.4, 0.5) is 11.5 Å². The maximum absolute atomic E-state index is 11.9. The van der Waals surface area contributed by atoms with E-state index in [0.29, 0.717) is 50.4 Å². The van der Waals surface area contributed by atoms with E-state index >= 15 is 0 Å². The highest BCUT2D eigenvalue weighted by molar-refractivity contribution is 7.90. The summed E-state index contributed by atoms with van der Waals surface area (Å²) in [5.74, 6) is 1.43. The molecule has 3 aromatic heterocycles. The summed E-state index contributed by atoms with van der Waals surface area (Å²) in [4.78, 5) is 22.1. The van der Waals surface area contributed by atoms with Gasteiger partial charge in [-0.05, 0) is 29.8 Å². The molecule has 2 aliphatic rings. The van der Waals surface area contributed by atoms with Gasteiger partial charge in [-0.25, -0.2) is 18.4 Å². The van der Waals surface area contributed by atoms with E-state index < -0.39 is 9.84 Å². The largest absolute Gasteiger partial charge is 0.377 e. The first-order valence-electron chi connectivity index (χ1n) is 11.7. The lowest BCUT2D eigenvalue weighted by Crippen LogP contribution is -2.51. The van der Waals surface area contributed by atoms with Gasteiger partial charge in [0.1, 0.15) is 12.4 Å². The van der Waals surface area contributed by atoms with Gasteiger partial charge in [0, 0.05) is 37.3 Å². The molecule has 11 heteroatoms. The molecule has 186 valence electrons. The normalized spacial score (nSPS) is 18.4. The molecule has 1 aromatic carbocycles. The van der Waals surface area contributed by atoms with Gasteiger partial charge in [-0.3, -0.25) is 4.98 Å². The molecule has 0 aliphatic carbocycles. The molecule has 4 aromatic rings. The van der Waals surface area contributed by atoms with Gasteiger partial charge in [0.05, 0.1) is 48.0 Å². The summed E-state index contributed by atoms with van der Waals surface area (Å²) >= 11 is 0. The Labute approximate surface area is 208 Å². The van der Waals surface area contributed by atoms with Gasteiger partial charge < -0.3 is 24.3 Å². The quantitative estimate of drug-likeness (QED) is 0.446. The molecule has 0 saturated carbocycles. The van der Waals surface area contributed by atoms with Crippen molar-refractivity contribution in [2.24, 2.45) is 0 Å². The first-order chi connectivity index (χ1) is 17.5. The van der Waals surface area contributed by atoms with Crippen molar-refractivity contribution in [3.63, 3.8) is 0 Å². The lowest BCUT2D eigenvalue weighted by Gasteiger charge is -2.41. The Balaban J connectivity index is 1.39. The highest BCUT2D eigenvalue weighted by atomic mass is 32.2. The van der Waals surface area contributed by atoms with Crippen LogP contribution in [0.2, 0.25) is 0 Å². The van der Waals surface area contributed by atoms with Crippen LogP contribution in [-0.4, -0.2) is 73.7 Å². The number of nitrogens with zero attached hydrogens (tertiary/aromatic N) is 5. The molecule has 2 aliphatic heterocycles. The third-order valence-electron chi connectivity index (χ3n) is 6.53. The Morgan fingerprint density at radius 2 is 1.92 bits per heavy atom. The van der Waals surface area contributed by atoms with E-state index in [-0.39, 0.29) is 6.04 Å². The number of hydrogen-bond acceptors (Lipinski definition) is 9. The predicted octanol–water partition coefficient (Wildman–Crippen LogP) is 2.62. The van der Waals surface area contributed by atoms with Crippen LogP contribution in [0.1, 0.15) is 5.56 Å². The van der Waals surface area contributed by atoms with Crippen molar-refractivity contribution in [2.75, 3.05) is 49.2 Å². The number of pyridine rings is 1. The van der Waals surface area contributed by atoms with Crippen LogP contribution in [0.5, 0.6) is 0 Å². The third-order valence-corrected chi connectivity index (χ3v) is 7.66. The fourth-order valence-corrected chi connectivity index (χ4v) is 5.26. The van der Waals surface area contributed by atoms with Crippen molar-refractivity contribution < 1.29 is 17.9 Å². The van der Waals surface area contributed by atoms with E-state index in [9.17, 15) is 8.42 Å². The number of hydrogen-bond donors (Lipinski definition) is 1. The number of aromatic nitrogens is 4. The zero-order valence-corrected chi connectivity index (χ0v) is 20.6. The van der Waals surface area contributed by atoms with Gasteiger partial charge in [-0.15, -0.1) is 0 Å². The summed E-state index contributed by atoms with van der Waals surface area (Å²) in [6.07, 6.45) is 6.70. The zero-order chi connectivity index (χ0) is 24.7. The van der Waals surface area contributed by atoms with E-state index in [2.05, 4.69) is 19.8 Å². The minimum absolute atomic E-state index is 0.0560. The number of ether oxygens (including phenoxy) is 2. The van der Waals surface area contributed by atoms with Gasteiger partial charge in [-0.1, -0.05) is 12.1 Å². The monoisotopic (exact) mass is 506 g/mol. The summed E-state index contributed by atoms with van der Waals surface area (Å²) in [5, 5.41) is 0. The number of sulfone groups is 1. The molecule has 6 rings (SSSR count). The summed E-state index contributed by atoms with van der Waals surface area (Å²) in [5.41, 5.74) is 4.47. The number of morpholine rings is 1. The smallest absolute Gasteiger partial charge is 0.175 e. The SMILES string of the molecule is CS(=O)(=O)c1ccc(CN2COCC3COCCN3c3nc(-c4cnc5cc[nH]c5c4)ncc32)cc1. The molecule has 36 heavy (non-hydrogen) atoms. The molecule has 5 heterocycles. The summed E-state index contributed by atoms with van der Waals surface area (Å²) in [6, 6.07) is 10.9. The van der Waals surface area contributed by atoms with Crippen molar-refractivity contribution in [3.8, 4) is 11.4 Å². The van der Waals surface area contributed by atoms with Crippen LogP contribution >= 0.6 is 0 Å². The second-order valence-electron chi connectivity index (χ2n) is 9.07. The lowest BCUT2D eigenvalue weighted by atomic mass is 10.1. The van der Waals surface area contributed by atoms with Crippen molar-refractivity contribution in [3.05, 3.63) is 60.6 Å². The minimum atomic E-state index is -3.25. The maximum atomic E-state index is 11.9. The number of benzene rings is 1. The van der Waals surface area contributed by atoms with Crippen molar-refractivity contribution in [1.82, 2.24) is 19.9 Å². The van der Waals surface area contributed by atoms with Crippen LogP contribution in [0, 0.1) is 0 Å². The standard InChI is InChI=1S/C25H26N6O4S/c1-36(32,33)20-4-2-17(3-5-20)13-30-16-35-15-19-14-34-9-8-31(19)25-23(30)12-28-24(29-25)18-10-22-21(27-11-18)6-7-26-22/h2-7,10-12,19,26H,8-9,13-16H2,1H3. The number of H-pyrrole nitrogens is 1. The van der Waals surface area contributed by atoms with Crippen molar-refractivity contribution in [1.29, 1.82) is 0 Å². The van der Waals surface area contributed by atoms with E-state index in [0.717, 1.165) is 33.7 Å². The van der Waals surface area contributed by atoms with Crippen molar-refractivity contribution in [2.45, 2.75) is 17.5 Å². The first kappa shape index (κ1) is 22.9. The molecule has 0 spiro atoms. The lowest BCUT2D eigenvalue weighted by molar-refractivity contribution is 0.0416. The predicted molar refractivity (Wildman–Crippen MR) is 136 cm³/mol. The highest BCUT2D eigenvalue weighted by Gasteiger charge is 2.31.